The monoisotopic (exact) mass is 321 g/mol. The number of nitrogens with one attached hydrogen (secondary N) is 1. The third kappa shape index (κ3) is 2.99. The second-order valence-corrected chi connectivity index (χ2v) is 6.38. The largest absolute Gasteiger partial charge is 0.386 e. The summed E-state index contributed by atoms with van der Waals surface area (Å²) in [7, 11) is 0. The van der Waals surface area contributed by atoms with Crippen molar-refractivity contribution < 1.29 is 0 Å². The smallest absolute Gasteiger partial charge is 0.0890 e. The minimum atomic E-state index is 0.396. The first-order valence-corrected chi connectivity index (χ1v) is 8.61. The lowest BCUT2D eigenvalue weighted by Gasteiger charge is -2.40. The topological polar surface area (TPSA) is 44.3 Å². The summed E-state index contributed by atoms with van der Waals surface area (Å²) in [6.07, 6.45) is 10.0. The Morgan fingerprint density at radius 3 is 2.58 bits per heavy atom. The molecule has 24 heavy (non-hydrogen) atoms. The van der Waals surface area contributed by atoms with Crippen molar-refractivity contribution in [2.75, 3.05) is 32.7 Å². The fourth-order valence-electron chi connectivity index (χ4n) is 3.47. The zero-order chi connectivity index (χ0) is 16.4. The zero-order valence-electron chi connectivity index (χ0n) is 14.0. The molecule has 0 amide bonds. The van der Waals surface area contributed by atoms with Crippen molar-refractivity contribution in [1.82, 2.24) is 25.1 Å². The first kappa shape index (κ1) is 15.1. The number of fused-ring (bicyclic) bond motifs is 1. The van der Waals surface area contributed by atoms with Crippen LogP contribution in [0.1, 0.15) is 18.5 Å². The summed E-state index contributed by atoms with van der Waals surface area (Å²) in [5.74, 6) is 0. The molecule has 0 saturated carbocycles. The molecule has 0 bridgehead atoms. The van der Waals surface area contributed by atoms with Gasteiger partial charge in [-0.25, -0.2) is 0 Å². The van der Waals surface area contributed by atoms with Gasteiger partial charge in [-0.2, -0.15) is 0 Å². The van der Waals surface area contributed by atoms with Crippen LogP contribution in [0.2, 0.25) is 0 Å². The predicted molar refractivity (Wildman–Crippen MR) is 96.3 cm³/mol. The van der Waals surface area contributed by atoms with E-state index >= 15 is 0 Å². The molecule has 2 aliphatic heterocycles. The van der Waals surface area contributed by atoms with Crippen LogP contribution in [0.25, 0.3) is 11.0 Å². The molecule has 1 aromatic carbocycles. The van der Waals surface area contributed by atoms with Crippen molar-refractivity contribution in [1.29, 1.82) is 0 Å². The van der Waals surface area contributed by atoms with Crippen molar-refractivity contribution in [2.45, 2.75) is 13.0 Å². The molecular formula is C19H23N5. The number of hydrogen-bond donors (Lipinski definition) is 1. The number of piperazine rings is 1. The second kappa shape index (κ2) is 6.61. The van der Waals surface area contributed by atoms with Gasteiger partial charge in [-0.15, -0.1) is 0 Å². The third-order valence-electron chi connectivity index (χ3n) is 4.98. The Hall–Kier alpha value is -2.40. The molecule has 124 valence electrons. The summed E-state index contributed by atoms with van der Waals surface area (Å²) in [4.78, 5) is 13.8. The van der Waals surface area contributed by atoms with Gasteiger partial charge in [0.25, 0.3) is 0 Å². The summed E-state index contributed by atoms with van der Waals surface area (Å²) < 4.78 is 0. The molecule has 5 heteroatoms. The Labute approximate surface area is 142 Å². The van der Waals surface area contributed by atoms with E-state index in [0.717, 1.165) is 43.8 Å². The molecular weight excluding hydrogens is 298 g/mol. The van der Waals surface area contributed by atoms with Gasteiger partial charge in [0.1, 0.15) is 0 Å². The molecule has 3 heterocycles. The molecule has 2 aliphatic rings. The van der Waals surface area contributed by atoms with Crippen LogP contribution in [0.3, 0.4) is 0 Å². The molecule has 0 spiro atoms. The molecule has 0 aliphatic carbocycles. The lowest BCUT2D eigenvalue weighted by atomic mass is 10.0. The van der Waals surface area contributed by atoms with E-state index in [1.165, 1.54) is 11.3 Å². The first-order chi connectivity index (χ1) is 11.8. The highest BCUT2D eigenvalue weighted by atomic mass is 15.3. The SMILES string of the molecule is CC(c1ccc2nccnc2c1)N1CCN(C2=CNCC=C2)CC1. The minimum absolute atomic E-state index is 0.396. The second-order valence-electron chi connectivity index (χ2n) is 6.38. The Balaban J connectivity index is 1.44. The van der Waals surface area contributed by atoms with Crippen LogP contribution < -0.4 is 5.32 Å². The van der Waals surface area contributed by atoms with Crippen molar-refractivity contribution >= 4 is 11.0 Å². The van der Waals surface area contributed by atoms with Crippen LogP contribution >= 0.6 is 0 Å². The molecule has 4 rings (SSSR count). The van der Waals surface area contributed by atoms with Gasteiger partial charge in [-0.05, 0) is 30.7 Å². The molecule has 1 saturated heterocycles. The summed E-state index contributed by atoms with van der Waals surface area (Å²) >= 11 is 0. The van der Waals surface area contributed by atoms with E-state index in [-0.39, 0.29) is 0 Å². The van der Waals surface area contributed by atoms with Crippen LogP contribution in [0, 0.1) is 0 Å². The van der Waals surface area contributed by atoms with E-state index in [1.807, 2.05) is 0 Å². The maximum absolute atomic E-state index is 4.43. The number of dihydropyridines is 1. The third-order valence-corrected chi connectivity index (χ3v) is 4.98. The average Bonchev–Trinajstić information content (AvgIpc) is 2.68. The van der Waals surface area contributed by atoms with Gasteiger partial charge in [0, 0.05) is 57.4 Å². The van der Waals surface area contributed by atoms with E-state index in [2.05, 4.69) is 68.6 Å². The molecule has 1 atom stereocenters. The number of benzene rings is 1. The van der Waals surface area contributed by atoms with Crippen LogP contribution in [-0.4, -0.2) is 52.5 Å². The molecule has 1 fully saturated rings. The van der Waals surface area contributed by atoms with Gasteiger partial charge >= 0.3 is 0 Å². The summed E-state index contributed by atoms with van der Waals surface area (Å²) in [5, 5.41) is 3.29. The van der Waals surface area contributed by atoms with E-state index in [9.17, 15) is 0 Å². The highest BCUT2D eigenvalue weighted by Crippen LogP contribution is 2.25. The van der Waals surface area contributed by atoms with Gasteiger partial charge < -0.3 is 10.2 Å². The van der Waals surface area contributed by atoms with E-state index in [0.29, 0.717) is 6.04 Å². The van der Waals surface area contributed by atoms with Crippen molar-refractivity contribution in [2.24, 2.45) is 0 Å². The van der Waals surface area contributed by atoms with Crippen molar-refractivity contribution in [3.8, 4) is 0 Å². The lowest BCUT2D eigenvalue weighted by molar-refractivity contribution is 0.125. The number of rotatable bonds is 3. The normalized spacial score (nSPS) is 19.9. The highest BCUT2D eigenvalue weighted by molar-refractivity contribution is 5.74. The zero-order valence-corrected chi connectivity index (χ0v) is 14.0. The Kier molecular flexibility index (Phi) is 4.17. The van der Waals surface area contributed by atoms with E-state index < -0.39 is 0 Å². The minimum Gasteiger partial charge on any atom is -0.386 e. The Morgan fingerprint density at radius 1 is 1.04 bits per heavy atom. The van der Waals surface area contributed by atoms with Gasteiger partial charge in [-0.3, -0.25) is 14.9 Å². The average molecular weight is 321 g/mol. The fourth-order valence-corrected chi connectivity index (χ4v) is 3.47. The fraction of sp³-hybridized carbons (Fsp3) is 0.368. The summed E-state index contributed by atoms with van der Waals surface area (Å²) in [5.41, 5.74) is 4.55. The van der Waals surface area contributed by atoms with E-state index in [4.69, 9.17) is 0 Å². The maximum Gasteiger partial charge on any atom is 0.0890 e. The van der Waals surface area contributed by atoms with E-state index in [1.54, 1.807) is 12.4 Å². The van der Waals surface area contributed by atoms with Crippen molar-refractivity contribution in [3.63, 3.8) is 0 Å². The number of aromatic nitrogens is 2. The van der Waals surface area contributed by atoms with Gasteiger partial charge in [0.2, 0.25) is 0 Å². The molecule has 1 unspecified atom stereocenters. The standard InChI is InChI=1S/C19H23N5/c1-15(16-4-5-18-19(13-16)22-8-7-21-18)23-9-11-24(12-10-23)17-3-2-6-20-14-17/h2-5,7-8,13-15,20H,6,9-12H2,1H3. The molecule has 0 radical (unpaired) electrons. The predicted octanol–water partition coefficient (Wildman–Crippen LogP) is 2.31. The number of hydrogen-bond acceptors (Lipinski definition) is 5. The molecule has 1 N–H and O–H groups in total. The van der Waals surface area contributed by atoms with Crippen molar-refractivity contribution in [3.05, 3.63) is 60.2 Å². The Bertz CT molecular complexity index is 774. The van der Waals surface area contributed by atoms with Crippen LogP contribution in [0.15, 0.2) is 54.6 Å². The summed E-state index contributed by atoms with van der Waals surface area (Å²) in [6.45, 7) is 7.50. The number of nitrogens with zero attached hydrogens (tertiary/aromatic N) is 4. The Morgan fingerprint density at radius 2 is 1.83 bits per heavy atom. The molecule has 5 nitrogen and oxygen atoms in total. The molecule has 1 aromatic heterocycles. The first-order valence-electron chi connectivity index (χ1n) is 8.61. The van der Waals surface area contributed by atoms with Gasteiger partial charge in [0.05, 0.1) is 16.7 Å². The van der Waals surface area contributed by atoms with Gasteiger partial charge in [0.15, 0.2) is 0 Å². The quantitative estimate of drug-likeness (QED) is 0.940. The van der Waals surface area contributed by atoms with Crippen LogP contribution in [0.5, 0.6) is 0 Å². The lowest BCUT2D eigenvalue weighted by Crippen LogP contribution is -2.46. The maximum atomic E-state index is 4.43. The number of allylic oxidation sites excluding steroid dienone is 1. The summed E-state index contributed by atoms with van der Waals surface area (Å²) in [6, 6.07) is 6.83. The van der Waals surface area contributed by atoms with Crippen LogP contribution in [0.4, 0.5) is 0 Å². The van der Waals surface area contributed by atoms with Crippen LogP contribution in [-0.2, 0) is 0 Å². The van der Waals surface area contributed by atoms with Gasteiger partial charge in [-0.1, -0.05) is 12.1 Å². The highest BCUT2D eigenvalue weighted by Gasteiger charge is 2.23. The molecule has 2 aromatic rings.